The zero-order valence-corrected chi connectivity index (χ0v) is 13.3. The molecule has 1 aliphatic carbocycles. The topological polar surface area (TPSA) is 12.0 Å². The molecule has 3 rings (SSSR count). The molecular formula is C16H22ClNS. The van der Waals surface area contributed by atoms with Gasteiger partial charge in [0.2, 0.25) is 0 Å². The predicted octanol–water partition coefficient (Wildman–Crippen LogP) is 5.05. The zero-order valence-electron chi connectivity index (χ0n) is 11.7. The molecule has 1 saturated carbocycles. The molecule has 0 bridgehead atoms. The average molecular weight is 296 g/mol. The Morgan fingerprint density at radius 1 is 1.32 bits per heavy atom. The van der Waals surface area contributed by atoms with Gasteiger partial charge in [-0.3, -0.25) is 0 Å². The van der Waals surface area contributed by atoms with Gasteiger partial charge in [0.1, 0.15) is 0 Å². The Bertz CT molecular complexity index is 472. The lowest BCUT2D eigenvalue weighted by molar-refractivity contribution is 0.258. The van der Waals surface area contributed by atoms with Gasteiger partial charge in [-0.1, -0.05) is 31.9 Å². The van der Waals surface area contributed by atoms with Gasteiger partial charge in [0.15, 0.2) is 0 Å². The molecule has 0 saturated heterocycles. The van der Waals surface area contributed by atoms with Crippen LogP contribution in [-0.4, -0.2) is 11.8 Å². The largest absolute Gasteiger partial charge is 0.307 e. The van der Waals surface area contributed by atoms with Crippen LogP contribution < -0.4 is 5.32 Å². The normalized spacial score (nSPS) is 29.2. The number of thioether (sulfide) groups is 1. The summed E-state index contributed by atoms with van der Waals surface area (Å²) in [6, 6.07) is 7.47. The SMILES string of the molecule is CC1(C)CCCC1NC1CCSc2ccc(Cl)cc21. The molecule has 0 aromatic heterocycles. The monoisotopic (exact) mass is 295 g/mol. The Hall–Kier alpha value is -0.180. The van der Waals surface area contributed by atoms with E-state index in [-0.39, 0.29) is 0 Å². The fourth-order valence-corrected chi connectivity index (χ4v) is 4.70. The third-order valence-corrected chi connectivity index (χ3v) is 6.03. The van der Waals surface area contributed by atoms with Crippen LogP contribution in [0.2, 0.25) is 5.02 Å². The summed E-state index contributed by atoms with van der Waals surface area (Å²) >= 11 is 8.14. The zero-order chi connectivity index (χ0) is 13.5. The number of halogens is 1. The first kappa shape index (κ1) is 13.8. The smallest absolute Gasteiger partial charge is 0.0410 e. The van der Waals surface area contributed by atoms with E-state index >= 15 is 0 Å². The molecule has 3 heteroatoms. The molecule has 2 aliphatic rings. The molecule has 2 atom stereocenters. The van der Waals surface area contributed by atoms with E-state index < -0.39 is 0 Å². The molecule has 1 aromatic rings. The van der Waals surface area contributed by atoms with E-state index in [4.69, 9.17) is 11.6 Å². The highest BCUT2D eigenvalue weighted by molar-refractivity contribution is 7.99. The van der Waals surface area contributed by atoms with E-state index in [2.05, 4.69) is 31.3 Å². The molecule has 0 amide bonds. The Kier molecular flexibility index (Phi) is 3.85. The minimum atomic E-state index is 0.434. The summed E-state index contributed by atoms with van der Waals surface area (Å²) in [6.07, 6.45) is 5.22. The summed E-state index contributed by atoms with van der Waals surface area (Å²) in [4.78, 5) is 1.41. The lowest BCUT2D eigenvalue weighted by atomic mass is 9.86. The Labute approximate surface area is 125 Å². The molecule has 1 fully saturated rings. The van der Waals surface area contributed by atoms with Crippen LogP contribution in [0.25, 0.3) is 0 Å². The highest BCUT2D eigenvalue weighted by Gasteiger charge is 2.36. The second-order valence-corrected chi connectivity index (χ2v) is 8.05. The van der Waals surface area contributed by atoms with Crippen LogP contribution in [-0.2, 0) is 0 Å². The molecule has 1 aliphatic heterocycles. The van der Waals surface area contributed by atoms with Crippen LogP contribution >= 0.6 is 23.4 Å². The van der Waals surface area contributed by atoms with Gasteiger partial charge in [-0.2, -0.15) is 0 Å². The quantitative estimate of drug-likeness (QED) is 0.820. The molecule has 104 valence electrons. The first-order valence-corrected chi connectivity index (χ1v) is 8.61. The van der Waals surface area contributed by atoms with Crippen molar-refractivity contribution in [1.29, 1.82) is 0 Å². The van der Waals surface area contributed by atoms with Crippen LogP contribution in [0.5, 0.6) is 0 Å². The van der Waals surface area contributed by atoms with Gasteiger partial charge in [0.25, 0.3) is 0 Å². The van der Waals surface area contributed by atoms with Crippen molar-refractivity contribution in [2.45, 2.75) is 56.5 Å². The third kappa shape index (κ3) is 2.81. The molecule has 1 nitrogen and oxygen atoms in total. The van der Waals surface area contributed by atoms with E-state index in [1.165, 1.54) is 41.9 Å². The van der Waals surface area contributed by atoms with Gasteiger partial charge in [0, 0.05) is 22.0 Å². The minimum Gasteiger partial charge on any atom is -0.307 e. The second-order valence-electron chi connectivity index (χ2n) is 6.47. The molecule has 1 aromatic carbocycles. The first-order chi connectivity index (χ1) is 9.06. The van der Waals surface area contributed by atoms with Crippen LogP contribution in [0.4, 0.5) is 0 Å². The van der Waals surface area contributed by atoms with Crippen molar-refractivity contribution in [3.05, 3.63) is 28.8 Å². The highest BCUT2D eigenvalue weighted by atomic mass is 35.5. The summed E-state index contributed by atoms with van der Waals surface area (Å²) in [5.41, 5.74) is 1.84. The van der Waals surface area contributed by atoms with Crippen molar-refractivity contribution in [3.63, 3.8) is 0 Å². The van der Waals surface area contributed by atoms with Crippen molar-refractivity contribution in [1.82, 2.24) is 5.32 Å². The fourth-order valence-electron chi connectivity index (χ4n) is 3.42. The van der Waals surface area contributed by atoms with Crippen LogP contribution in [0.3, 0.4) is 0 Å². The number of rotatable bonds is 2. The van der Waals surface area contributed by atoms with E-state index in [0.29, 0.717) is 17.5 Å². The lowest BCUT2D eigenvalue weighted by Gasteiger charge is -2.34. The number of hydrogen-bond donors (Lipinski definition) is 1. The highest BCUT2D eigenvalue weighted by Crippen LogP contribution is 2.42. The molecule has 2 unspecified atom stereocenters. The maximum Gasteiger partial charge on any atom is 0.0410 e. The van der Waals surface area contributed by atoms with Crippen molar-refractivity contribution >= 4 is 23.4 Å². The van der Waals surface area contributed by atoms with Crippen LogP contribution in [0.15, 0.2) is 23.1 Å². The van der Waals surface area contributed by atoms with Crippen molar-refractivity contribution < 1.29 is 0 Å². The molecule has 0 radical (unpaired) electrons. The summed E-state index contributed by atoms with van der Waals surface area (Å²) < 4.78 is 0. The van der Waals surface area contributed by atoms with Gasteiger partial charge in [-0.15, -0.1) is 11.8 Å². The standard InChI is InChI=1S/C16H22ClNS/c1-16(2)8-3-4-15(16)18-13-7-9-19-14-6-5-11(17)10-12(13)14/h5-6,10,13,15,18H,3-4,7-9H2,1-2H3. The third-order valence-electron chi connectivity index (χ3n) is 4.67. The van der Waals surface area contributed by atoms with E-state index in [1.54, 1.807) is 0 Å². The summed E-state index contributed by atoms with van der Waals surface area (Å²) in [5.74, 6) is 1.21. The van der Waals surface area contributed by atoms with E-state index in [1.807, 2.05) is 17.8 Å². The lowest BCUT2D eigenvalue weighted by Crippen LogP contribution is -2.40. The van der Waals surface area contributed by atoms with Gasteiger partial charge in [-0.25, -0.2) is 0 Å². The molecule has 19 heavy (non-hydrogen) atoms. The minimum absolute atomic E-state index is 0.434. The van der Waals surface area contributed by atoms with Gasteiger partial charge >= 0.3 is 0 Å². The maximum atomic E-state index is 6.18. The molecular weight excluding hydrogens is 274 g/mol. The van der Waals surface area contributed by atoms with Crippen molar-refractivity contribution in [2.75, 3.05) is 5.75 Å². The number of hydrogen-bond acceptors (Lipinski definition) is 2. The van der Waals surface area contributed by atoms with E-state index in [9.17, 15) is 0 Å². The predicted molar refractivity (Wildman–Crippen MR) is 84.1 cm³/mol. The first-order valence-electron chi connectivity index (χ1n) is 7.24. The van der Waals surface area contributed by atoms with Gasteiger partial charge in [-0.05, 0) is 54.2 Å². The Morgan fingerprint density at radius 3 is 2.89 bits per heavy atom. The van der Waals surface area contributed by atoms with Crippen molar-refractivity contribution in [2.24, 2.45) is 5.41 Å². The fraction of sp³-hybridized carbons (Fsp3) is 0.625. The maximum absolute atomic E-state index is 6.18. The summed E-state index contributed by atoms with van der Waals surface area (Å²) in [7, 11) is 0. The number of nitrogens with one attached hydrogen (secondary N) is 1. The Morgan fingerprint density at radius 2 is 2.16 bits per heavy atom. The number of fused-ring (bicyclic) bond motifs is 1. The molecule has 1 heterocycles. The van der Waals surface area contributed by atoms with Crippen molar-refractivity contribution in [3.8, 4) is 0 Å². The van der Waals surface area contributed by atoms with Gasteiger partial charge < -0.3 is 5.32 Å². The van der Waals surface area contributed by atoms with Crippen LogP contribution in [0.1, 0.15) is 51.1 Å². The van der Waals surface area contributed by atoms with Gasteiger partial charge in [0.05, 0.1) is 0 Å². The summed E-state index contributed by atoms with van der Waals surface area (Å²) in [6.45, 7) is 4.79. The number of benzene rings is 1. The molecule has 0 spiro atoms. The average Bonchev–Trinajstić information content (AvgIpc) is 2.69. The summed E-state index contributed by atoms with van der Waals surface area (Å²) in [5, 5.41) is 4.78. The van der Waals surface area contributed by atoms with Crippen LogP contribution in [0, 0.1) is 5.41 Å². The second kappa shape index (κ2) is 5.31. The Balaban J connectivity index is 1.82. The van der Waals surface area contributed by atoms with E-state index in [0.717, 1.165) is 5.02 Å². The molecule has 1 N–H and O–H groups in total.